The monoisotopic (exact) mass is 335 g/mol. The highest BCUT2D eigenvalue weighted by Gasteiger charge is 2.31. The molecular formula is C18H33N5O. The summed E-state index contributed by atoms with van der Waals surface area (Å²) in [6.45, 7) is 11.7. The number of piperidine rings is 1. The van der Waals surface area contributed by atoms with Crippen molar-refractivity contribution >= 4 is 5.96 Å². The summed E-state index contributed by atoms with van der Waals surface area (Å²) in [5.74, 6) is 2.75. The molecule has 24 heavy (non-hydrogen) atoms. The van der Waals surface area contributed by atoms with Gasteiger partial charge in [-0.3, -0.25) is 4.99 Å². The second-order valence-corrected chi connectivity index (χ2v) is 7.51. The minimum absolute atomic E-state index is 0.299. The molecular weight excluding hydrogens is 302 g/mol. The van der Waals surface area contributed by atoms with Crippen molar-refractivity contribution < 1.29 is 4.52 Å². The van der Waals surface area contributed by atoms with Crippen LogP contribution in [0.25, 0.3) is 0 Å². The summed E-state index contributed by atoms with van der Waals surface area (Å²) >= 11 is 0. The van der Waals surface area contributed by atoms with E-state index >= 15 is 0 Å². The van der Waals surface area contributed by atoms with Gasteiger partial charge in [0, 0.05) is 39.0 Å². The Hall–Kier alpha value is -1.59. The lowest BCUT2D eigenvalue weighted by molar-refractivity contribution is 0.142. The molecule has 0 radical (unpaired) electrons. The number of aromatic nitrogens is 2. The van der Waals surface area contributed by atoms with Crippen LogP contribution in [-0.2, 0) is 6.42 Å². The number of nitrogens with zero attached hydrogens (tertiary/aromatic N) is 4. The van der Waals surface area contributed by atoms with Gasteiger partial charge in [0.15, 0.2) is 11.8 Å². The fraction of sp³-hybridized carbons (Fsp3) is 0.833. The molecule has 1 saturated heterocycles. The van der Waals surface area contributed by atoms with Crippen LogP contribution < -0.4 is 5.32 Å². The highest BCUT2D eigenvalue weighted by molar-refractivity contribution is 5.80. The van der Waals surface area contributed by atoms with Crippen molar-refractivity contribution in [1.29, 1.82) is 0 Å². The number of nitrogens with one attached hydrogen (secondary N) is 1. The Bertz CT molecular complexity index is 535. The summed E-state index contributed by atoms with van der Waals surface area (Å²) in [7, 11) is 1.86. The Morgan fingerprint density at radius 3 is 2.88 bits per heavy atom. The molecule has 1 aliphatic rings. The molecule has 6 nitrogen and oxygen atoms in total. The molecule has 136 valence electrons. The minimum Gasteiger partial charge on any atom is -0.356 e. The number of aliphatic imine (C=N–C) groups is 1. The van der Waals surface area contributed by atoms with Gasteiger partial charge in [-0.1, -0.05) is 39.3 Å². The molecule has 2 heterocycles. The summed E-state index contributed by atoms with van der Waals surface area (Å²) in [5, 5.41) is 7.46. The van der Waals surface area contributed by atoms with Crippen LogP contribution in [0.2, 0.25) is 0 Å². The van der Waals surface area contributed by atoms with Gasteiger partial charge in [0.05, 0.1) is 0 Å². The van der Waals surface area contributed by atoms with E-state index in [1.165, 1.54) is 25.7 Å². The maximum absolute atomic E-state index is 5.30. The van der Waals surface area contributed by atoms with E-state index in [4.69, 9.17) is 4.52 Å². The van der Waals surface area contributed by atoms with Crippen LogP contribution in [0.5, 0.6) is 0 Å². The summed E-state index contributed by atoms with van der Waals surface area (Å²) in [4.78, 5) is 11.3. The number of hydrogen-bond acceptors (Lipinski definition) is 4. The van der Waals surface area contributed by atoms with E-state index in [-0.39, 0.29) is 0 Å². The number of rotatable bonds is 6. The molecule has 1 N–H and O–H groups in total. The second kappa shape index (κ2) is 8.49. The van der Waals surface area contributed by atoms with Crippen molar-refractivity contribution in [2.45, 2.75) is 65.7 Å². The molecule has 0 amide bonds. The number of guanidine groups is 1. The third kappa shape index (κ3) is 4.95. The van der Waals surface area contributed by atoms with Gasteiger partial charge in [0.25, 0.3) is 0 Å². The van der Waals surface area contributed by atoms with Gasteiger partial charge in [-0.05, 0) is 24.7 Å². The van der Waals surface area contributed by atoms with Gasteiger partial charge in [-0.15, -0.1) is 0 Å². The molecule has 2 rings (SSSR count). The fourth-order valence-electron chi connectivity index (χ4n) is 3.52. The lowest BCUT2D eigenvalue weighted by atomic mass is 9.78. The van der Waals surface area contributed by atoms with Crippen LogP contribution >= 0.6 is 0 Å². The lowest BCUT2D eigenvalue weighted by Crippen LogP contribution is -2.50. The van der Waals surface area contributed by atoms with E-state index in [0.717, 1.165) is 37.8 Å². The summed E-state index contributed by atoms with van der Waals surface area (Å²) in [6.07, 6.45) is 5.79. The maximum Gasteiger partial charge on any atom is 0.228 e. The third-order valence-electron chi connectivity index (χ3n) is 4.77. The van der Waals surface area contributed by atoms with Gasteiger partial charge in [-0.25, -0.2) is 0 Å². The van der Waals surface area contributed by atoms with Gasteiger partial charge in [-0.2, -0.15) is 4.98 Å². The van der Waals surface area contributed by atoms with Crippen LogP contribution in [0.1, 0.15) is 71.0 Å². The van der Waals surface area contributed by atoms with Crippen molar-refractivity contribution in [3.63, 3.8) is 0 Å². The van der Waals surface area contributed by atoms with E-state index < -0.39 is 0 Å². The molecule has 1 aromatic heterocycles. The molecule has 0 aromatic carbocycles. The Morgan fingerprint density at radius 1 is 1.46 bits per heavy atom. The van der Waals surface area contributed by atoms with Crippen LogP contribution in [0.4, 0.5) is 0 Å². The van der Waals surface area contributed by atoms with Crippen LogP contribution in [0, 0.1) is 5.41 Å². The van der Waals surface area contributed by atoms with Gasteiger partial charge < -0.3 is 14.7 Å². The highest BCUT2D eigenvalue weighted by Crippen LogP contribution is 2.33. The van der Waals surface area contributed by atoms with Crippen LogP contribution in [-0.4, -0.2) is 47.7 Å². The highest BCUT2D eigenvalue weighted by atomic mass is 16.5. The van der Waals surface area contributed by atoms with Crippen molar-refractivity contribution in [3.8, 4) is 0 Å². The molecule has 6 heteroatoms. The zero-order valence-electron chi connectivity index (χ0n) is 15.9. The number of hydrogen-bond donors (Lipinski definition) is 1. The summed E-state index contributed by atoms with van der Waals surface area (Å²) < 4.78 is 5.30. The summed E-state index contributed by atoms with van der Waals surface area (Å²) in [5.41, 5.74) is 0.406. The topological polar surface area (TPSA) is 66.5 Å². The zero-order valence-corrected chi connectivity index (χ0v) is 15.9. The SMILES string of the molecule is CCCC1(C)CCCN(C(=NC)NCCc2nc(C(C)C)no2)C1. The standard InChI is InChI=1S/C18H33N5O/c1-6-9-18(4)10-7-12-23(13-18)17(19-5)20-11-8-15-21-16(14(2)3)22-24-15/h14H,6-13H2,1-5H3,(H,19,20). The van der Waals surface area contributed by atoms with Crippen molar-refractivity contribution in [3.05, 3.63) is 11.7 Å². The van der Waals surface area contributed by atoms with E-state index in [9.17, 15) is 0 Å². The first kappa shape index (κ1) is 18.7. The normalized spacial score (nSPS) is 22.2. The Kier molecular flexibility index (Phi) is 6.63. The van der Waals surface area contributed by atoms with E-state index in [0.29, 0.717) is 17.2 Å². The predicted octanol–water partition coefficient (Wildman–Crippen LogP) is 3.21. The number of likely N-dealkylation sites (tertiary alicyclic amines) is 1. The molecule has 0 aliphatic carbocycles. The first-order valence-electron chi connectivity index (χ1n) is 9.25. The second-order valence-electron chi connectivity index (χ2n) is 7.51. The fourth-order valence-corrected chi connectivity index (χ4v) is 3.52. The molecule has 0 bridgehead atoms. The van der Waals surface area contributed by atoms with Crippen LogP contribution in [0.15, 0.2) is 9.52 Å². The van der Waals surface area contributed by atoms with Gasteiger partial charge >= 0.3 is 0 Å². The minimum atomic E-state index is 0.299. The van der Waals surface area contributed by atoms with Crippen molar-refractivity contribution in [2.24, 2.45) is 10.4 Å². The Morgan fingerprint density at radius 2 is 2.25 bits per heavy atom. The van der Waals surface area contributed by atoms with Crippen molar-refractivity contribution in [2.75, 3.05) is 26.7 Å². The zero-order chi connectivity index (χ0) is 17.6. The molecule has 1 aliphatic heterocycles. The first-order valence-corrected chi connectivity index (χ1v) is 9.25. The average molecular weight is 335 g/mol. The van der Waals surface area contributed by atoms with Crippen LogP contribution in [0.3, 0.4) is 0 Å². The smallest absolute Gasteiger partial charge is 0.228 e. The predicted molar refractivity (Wildman–Crippen MR) is 97.3 cm³/mol. The molecule has 1 aromatic rings. The molecule has 1 atom stereocenters. The molecule has 1 unspecified atom stereocenters. The summed E-state index contributed by atoms with van der Waals surface area (Å²) in [6, 6.07) is 0. The van der Waals surface area contributed by atoms with Gasteiger partial charge in [0.2, 0.25) is 5.89 Å². The van der Waals surface area contributed by atoms with E-state index in [1.807, 2.05) is 7.05 Å². The molecule has 0 spiro atoms. The first-order chi connectivity index (χ1) is 11.5. The Labute approximate surface area is 146 Å². The quantitative estimate of drug-likeness (QED) is 0.639. The van der Waals surface area contributed by atoms with E-state index in [2.05, 4.69) is 53.0 Å². The van der Waals surface area contributed by atoms with E-state index in [1.54, 1.807) is 0 Å². The maximum atomic E-state index is 5.30. The van der Waals surface area contributed by atoms with Gasteiger partial charge in [0.1, 0.15) is 0 Å². The molecule has 0 saturated carbocycles. The Balaban J connectivity index is 1.85. The molecule has 1 fully saturated rings. The average Bonchev–Trinajstić information content (AvgIpc) is 3.00. The third-order valence-corrected chi connectivity index (χ3v) is 4.77. The lowest BCUT2D eigenvalue weighted by Gasteiger charge is -2.42. The largest absolute Gasteiger partial charge is 0.356 e. The van der Waals surface area contributed by atoms with Crippen molar-refractivity contribution in [1.82, 2.24) is 20.4 Å².